The SMILES string of the molecule is CC(C)N1CCC2OCC(C(C)(C)N3CC4(CCCNC4)C3)NC2C1. The summed E-state index contributed by atoms with van der Waals surface area (Å²) in [6.45, 7) is 17.5. The molecule has 0 amide bonds. The molecule has 5 heteroatoms. The van der Waals surface area contributed by atoms with Crippen LogP contribution in [0.1, 0.15) is 47.0 Å². The van der Waals surface area contributed by atoms with E-state index in [0.717, 1.165) is 13.2 Å². The van der Waals surface area contributed by atoms with Crippen molar-refractivity contribution in [2.45, 2.75) is 76.7 Å². The van der Waals surface area contributed by atoms with Gasteiger partial charge in [-0.2, -0.15) is 0 Å². The molecule has 3 atom stereocenters. The molecule has 0 aromatic heterocycles. The van der Waals surface area contributed by atoms with Gasteiger partial charge in [0.15, 0.2) is 0 Å². The molecule has 0 bridgehead atoms. The lowest BCUT2D eigenvalue weighted by atomic mass is 9.70. The fourth-order valence-corrected chi connectivity index (χ4v) is 5.41. The van der Waals surface area contributed by atoms with E-state index in [9.17, 15) is 0 Å². The smallest absolute Gasteiger partial charge is 0.0753 e. The van der Waals surface area contributed by atoms with E-state index in [4.69, 9.17) is 4.74 Å². The summed E-state index contributed by atoms with van der Waals surface area (Å²) in [5.74, 6) is 0. The van der Waals surface area contributed by atoms with Gasteiger partial charge >= 0.3 is 0 Å². The van der Waals surface area contributed by atoms with Gasteiger partial charge in [0.25, 0.3) is 0 Å². The average Bonchev–Trinajstić information content (AvgIpc) is 2.59. The summed E-state index contributed by atoms with van der Waals surface area (Å²) in [5, 5.41) is 7.61. The lowest BCUT2D eigenvalue weighted by Crippen LogP contribution is -2.75. The molecule has 4 heterocycles. The van der Waals surface area contributed by atoms with Gasteiger partial charge in [0, 0.05) is 61.8 Å². The van der Waals surface area contributed by atoms with Gasteiger partial charge in [-0.25, -0.2) is 0 Å². The third-order valence-electron chi connectivity index (χ3n) is 7.48. The Kier molecular flexibility index (Phi) is 4.91. The Morgan fingerprint density at radius 3 is 2.72 bits per heavy atom. The zero-order valence-electron chi connectivity index (χ0n) is 16.7. The van der Waals surface area contributed by atoms with Crippen LogP contribution in [-0.4, -0.2) is 85.4 Å². The van der Waals surface area contributed by atoms with Crippen LogP contribution in [0.3, 0.4) is 0 Å². The van der Waals surface area contributed by atoms with Crippen LogP contribution in [0, 0.1) is 5.41 Å². The van der Waals surface area contributed by atoms with Crippen LogP contribution in [-0.2, 0) is 4.74 Å². The fraction of sp³-hybridized carbons (Fsp3) is 1.00. The molecule has 3 unspecified atom stereocenters. The van der Waals surface area contributed by atoms with Crippen molar-refractivity contribution in [3.05, 3.63) is 0 Å². The highest BCUT2D eigenvalue weighted by Gasteiger charge is 2.52. The number of morpholine rings is 1. The first-order chi connectivity index (χ1) is 11.9. The number of hydrogen-bond acceptors (Lipinski definition) is 5. The van der Waals surface area contributed by atoms with Gasteiger partial charge in [-0.15, -0.1) is 0 Å². The Morgan fingerprint density at radius 2 is 2.04 bits per heavy atom. The van der Waals surface area contributed by atoms with Crippen LogP contribution in [0.25, 0.3) is 0 Å². The Hall–Kier alpha value is -0.200. The maximum atomic E-state index is 6.34. The maximum absolute atomic E-state index is 6.34. The number of fused-ring (bicyclic) bond motifs is 1. The van der Waals surface area contributed by atoms with E-state index in [-0.39, 0.29) is 5.54 Å². The van der Waals surface area contributed by atoms with E-state index in [2.05, 4.69) is 48.1 Å². The normalized spacial score (nSPS) is 37.1. The molecule has 4 aliphatic rings. The highest BCUT2D eigenvalue weighted by atomic mass is 16.5. The van der Waals surface area contributed by atoms with Gasteiger partial charge in [-0.3, -0.25) is 9.80 Å². The third-order valence-corrected chi connectivity index (χ3v) is 7.48. The molecule has 25 heavy (non-hydrogen) atoms. The summed E-state index contributed by atoms with van der Waals surface area (Å²) >= 11 is 0. The van der Waals surface area contributed by atoms with Crippen LogP contribution in [0.15, 0.2) is 0 Å². The summed E-state index contributed by atoms with van der Waals surface area (Å²) in [5.41, 5.74) is 0.709. The van der Waals surface area contributed by atoms with Crippen molar-refractivity contribution in [3.8, 4) is 0 Å². The predicted molar refractivity (Wildman–Crippen MR) is 102 cm³/mol. The first-order valence-corrected chi connectivity index (χ1v) is 10.5. The van der Waals surface area contributed by atoms with E-state index < -0.39 is 0 Å². The molecule has 144 valence electrons. The first kappa shape index (κ1) is 18.2. The third kappa shape index (κ3) is 3.39. The molecular formula is C20H38N4O. The second kappa shape index (κ2) is 6.75. The van der Waals surface area contributed by atoms with E-state index >= 15 is 0 Å². The largest absolute Gasteiger partial charge is 0.375 e. The first-order valence-electron chi connectivity index (χ1n) is 10.5. The van der Waals surface area contributed by atoms with E-state index in [1.165, 1.54) is 52.0 Å². The molecular weight excluding hydrogens is 312 g/mol. The zero-order chi connectivity index (χ0) is 17.7. The molecule has 4 aliphatic heterocycles. The molecule has 2 N–H and O–H groups in total. The molecule has 0 aliphatic carbocycles. The van der Waals surface area contributed by atoms with Gasteiger partial charge in [0.2, 0.25) is 0 Å². The zero-order valence-corrected chi connectivity index (χ0v) is 16.7. The summed E-state index contributed by atoms with van der Waals surface area (Å²) in [6, 6.07) is 1.54. The summed E-state index contributed by atoms with van der Waals surface area (Å²) < 4.78 is 6.34. The van der Waals surface area contributed by atoms with Crippen molar-refractivity contribution < 1.29 is 4.74 Å². The van der Waals surface area contributed by atoms with Crippen LogP contribution in [0.5, 0.6) is 0 Å². The number of piperidine rings is 2. The Balaban J connectivity index is 1.36. The second-order valence-electron chi connectivity index (χ2n) is 9.86. The van der Waals surface area contributed by atoms with Crippen molar-refractivity contribution in [2.24, 2.45) is 5.41 Å². The molecule has 4 saturated heterocycles. The van der Waals surface area contributed by atoms with Gasteiger partial charge in [0.1, 0.15) is 0 Å². The average molecular weight is 351 g/mol. The monoisotopic (exact) mass is 350 g/mol. The number of rotatable bonds is 3. The van der Waals surface area contributed by atoms with Crippen LogP contribution < -0.4 is 10.6 Å². The molecule has 0 radical (unpaired) electrons. The highest BCUT2D eigenvalue weighted by molar-refractivity contribution is 5.08. The van der Waals surface area contributed by atoms with Crippen molar-refractivity contribution >= 4 is 0 Å². The quantitative estimate of drug-likeness (QED) is 0.803. The molecule has 0 aromatic carbocycles. The van der Waals surface area contributed by atoms with E-state index in [1.807, 2.05) is 0 Å². The van der Waals surface area contributed by atoms with Crippen molar-refractivity contribution in [1.82, 2.24) is 20.4 Å². The van der Waals surface area contributed by atoms with E-state index in [0.29, 0.717) is 29.6 Å². The summed E-state index contributed by atoms with van der Waals surface area (Å²) in [6.07, 6.45) is 4.32. The minimum absolute atomic E-state index is 0.160. The molecule has 1 spiro atoms. The van der Waals surface area contributed by atoms with Crippen molar-refractivity contribution in [3.63, 3.8) is 0 Å². The number of hydrogen-bond donors (Lipinski definition) is 2. The summed E-state index contributed by atoms with van der Waals surface area (Å²) in [4.78, 5) is 5.30. The minimum atomic E-state index is 0.160. The van der Waals surface area contributed by atoms with Gasteiger partial charge in [0.05, 0.1) is 12.7 Å². The maximum Gasteiger partial charge on any atom is 0.0753 e. The molecule has 4 rings (SSSR count). The van der Waals surface area contributed by atoms with Crippen LogP contribution in [0.2, 0.25) is 0 Å². The van der Waals surface area contributed by atoms with Gasteiger partial charge < -0.3 is 15.4 Å². The lowest BCUT2D eigenvalue weighted by molar-refractivity contribution is -0.131. The van der Waals surface area contributed by atoms with Crippen LogP contribution >= 0.6 is 0 Å². The standard InChI is InChI=1S/C20H38N4O/c1-15(2)23-9-6-17-16(10-23)22-18(11-25-17)19(3,4)24-13-20(14-24)7-5-8-21-12-20/h15-18,21-22H,5-14H2,1-4H3. The lowest BCUT2D eigenvalue weighted by Gasteiger charge is -2.61. The second-order valence-corrected chi connectivity index (χ2v) is 9.86. The summed E-state index contributed by atoms with van der Waals surface area (Å²) in [7, 11) is 0. The molecule has 0 saturated carbocycles. The van der Waals surface area contributed by atoms with Gasteiger partial charge in [-0.1, -0.05) is 0 Å². The Morgan fingerprint density at radius 1 is 1.24 bits per heavy atom. The van der Waals surface area contributed by atoms with Crippen molar-refractivity contribution in [2.75, 3.05) is 45.9 Å². The topological polar surface area (TPSA) is 39.8 Å². The predicted octanol–water partition coefficient (Wildman–Crippen LogP) is 1.29. The number of likely N-dealkylation sites (tertiary alicyclic amines) is 2. The van der Waals surface area contributed by atoms with Gasteiger partial charge in [-0.05, 0) is 53.5 Å². The van der Waals surface area contributed by atoms with Crippen molar-refractivity contribution in [1.29, 1.82) is 0 Å². The number of nitrogens with zero attached hydrogens (tertiary/aromatic N) is 2. The highest BCUT2D eigenvalue weighted by Crippen LogP contribution is 2.41. The fourth-order valence-electron chi connectivity index (χ4n) is 5.41. The minimum Gasteiger partial charge on any atom is -0.375 e. The number of nitrogens with one attached hydrogen (secondary N) is 2. The molecule has 0 aromatic rings. The molecule has 4 fully saturated rings. The van der Waals surface area contributed by atoms with Crippen LogP contribution in [0.4, 0.5) is 0 Å². The number of ether oxygens (including phenoxy) is 1. The van der Waals surface area contributed by atoms with E-state index in [1.54, 1.807) is 0 Å². The Bertz CT molecular complexity index is 466. The Labute approximate surface area is 153 Å². The molecule has 5 nitrogen and oxygen atoms in total.